The van der Waals surface area contributed by atoms with E-state index in [4.69, 9.17) is 10.4 Å². The topological polar surface area (TPSA) is 55.5 Å². The number of hydrogen-bond acceptors (Lipinski definition) is 3. The maximum Gasteiger partial charge on any atom is 0.334 e. The molecule has 0 aliphatic carbocycles. The van der Waals surface area contributed by atoms with Gasteiger partial charge in [0.05, 0.1) is 0 Å². The number of nitrogen functional groups attached to an aromatic ring is 1. The Labute approximate surface area is 65.1 Å². The van der Waals surface area contributed by atoms with Crippen LogP contribution < -0.4 is 11.2 Å². The highest BCUT2D eigenvalue weighted by atomic mass is 16.6. The summed E-state index contributed by atoms with van der Waals surface area (Å²) in [7, 11) is 1.51. The first-order valence-corrected chi connectivity index (χ1v) is 3.33. The molecule has 3 nitrogen and oxygen atoms in total. The summed E-state index contributed by atoms with van der Waals surface area (Å²) in [6.07, 6.45) is -0.814. The van der Waals surface area contributed by atoms with Crippen molar-refractivity contribution in [3.63, 3.8) is 0 Å². The van der Waals surface area contributed by atoms with Gasteiger partial charge in [-0.1, -0.05) is 6.07 Å². The third-order valence-electron chi connectivity index (χ3n) is 1.70. The lowest BCUT2D eigenvalue weighted by molar-refractivity contribution is -0.00793. The fourth-order valence-electron chi connectivity index (χ4n) is 1.13. The van der Waals surface area contributed by atoms with Gasteiger partial charge in [-0.2, -0.15) is 0 Å². The third kappa shape index (κ3) is 1.00. The molecule has 0 saturated heterocycles. The number of rotatable bonds is 0. The standard InChI is InChI=1S/C7H7BNO2/c9-4-1-2-5-6(3-4)8-11-7(5)10/h1-3,7,10H,9H2. The van der Waals surface area contributed by atoms with Crippen LogP contribution in [0.1, 0.15) is 11.9 Å². The van der Waals surface area contributed by atoms with Gasteiger partial charge in [-0.05, 0) is 17.6 Å². The average Bonchev–Trinajstić information content (AvgIpc) is 2.32. The lowest BCUT2D eigenvalue weighted by atomic mass is 9.87. The molecule has 0 aromatic heterocycles. The van der Waals surface area contributed by atoms with Gasteiger partial charge in [-0.15, -0.1) is 0 Å². The number of fused-ring (bicyclic) bond motifs is 1. The van der Waals surface area contributed by atoms with E-state index in [-0.39, 0.29) is 0 Å². The quantitative estimate of drug-likeness (QED) is 0.386. The van der Waals surface area contributed by atoms with E-state index in [1.54, 1.807) is 18.2 Å². The van der Waals surface area contributed by atoms with Gasteiger partial charge in [-0.3, -0.25) is 0 Å². The van der Waals surface area contributed by atoms with Crippen LogP contribution in [-0.2, 0) is 4.65 Å². The second-order valence-electron chi connectivity index (χ2n) is 2.49. The van der Waals surface area contributed by atoms with Crippen molar-refractivity contribution in [2.45, 2.75) is 6.29 Å². The van der Waals surface area contributed by atoms with Crippen LogP contribution in [0, 0.1) is 0 Å². The lowest BCUT2D eigenvalue weighted by Gasteiger charge is -2.02. The Hall–Kier alpha value is -0.995. The van der Waals surface area contributed by atoms with Crippen LogP contribution in [0.5, 0.6) is 0 Å². The smallest absolute Gasteiger partial charge is 0.334 e. The molecule has 11 heavy (non-hydrogen) atoms. The molecule has 0 spiro atoms. The number of nitrogens with two attached hydrogens (primary N) is 1. The summed E-state index contributed by atoms with van der Waals surface area (Å²) in [5.41, 5.74) is 7.83. The molecule has 1 radical (unpaired) electrons. The van der Waals surface area contributed by atoms with Crippen LogP contribution >= 0.6 is 0 Å². The van der Waals surface area contributed by atoms with Crippen molar-refractivity contribution in [3.05, 3.63) is 23.8 Å². The molecule has 1 unspecified atom stereocenters. The third-order valence-corrected chi connectivity index (χ3v) is 1.70. The van der Waals surface area contributed by atoms with E-state index in [2.05, 4.69) is 0 Å². The van der Waals surface area contributed by atoms with Crippen LogP contribution in [-0.4, -0.2) is 12.6 Å². The molecule has 1 atom stereocenters. The van der Waals surface area contributed by atoms with Crippen molar-refractivity contribution >= 4 is 18.6 Å². The number of aliphatic hydroxyl groups excluding tert-OH is 1. The fourth-order valence-corrected chi connectivity index (χ4v) is 1.13. The van der Waals surface area contributed by atoms with Gasteiger partial charge < -0.3 is 15.5 Å². The normalized spacial score (nSPS) is 21.0. The van der Waals surface area contributed by atoms with E-state index < -0.39 is 6.29 Å². The highest BCUT2D eigenvalue weighted by Crippen LogP contribution is 2.18. The van der Waals surface area contributed by atoms with Gasteiger partial charge in [0, 0.05) is 11.3 Å². The summed E-state index contributed by atoms with van der Waals surface area (Å²) < 4.78 is 4.85. The summed E-state index contributed by atoms with van der Waals surface area (Å²) in [5.74, 6) is 0. The monoisotopic (exact) mass is 148 g/mol. The van der Waals surface area contributed by atoms with Gasteiger partial charge in [0.2, 0.25) is 0 Å². The zero-order chi connectivity index (χ0) is 7.84. The Morgan fingerprint density at radius 1 is 1.55 bits per heavy atom. The van der Waals surface area contributed by atoms with Crippen molar-refractivity contribution < 1.29 is 9.76 Å². The number of hydrogen-bond donors (Lipinski definition) is 2. The van der Waals surface area contributed by atoms with E-state index in [1.165, 1.54) is 7.48 Å². The second kappa shape index (κ2) is 2.25. The van der Waals surface area contributed by atoms with Crippen molar-refractivity contribution in [1.82, 2.24) is 0 Å². The highest BCUT2D eigenvalue weighted by molar-refractivity contribution is 6.49. The van der Waals surface area contributed by atoms with E-state index in [0.717, 1.165) is 11.0 Å². The summed E-state index contributed by atoms with van der Waals surface area (Å²) in [5, 5.41) is 9.18. The first-order valence-electron chi connectivity index (χ1n) is 3.33. The Bertz CT molecular complexity index is 290. The number of aliphatic hydroxyl groups is 1. The first-order chi connectivity index (χ1) is 5.27. The van der Waals surface area contributed by atoms with Gasteiger partial charge >= 0.3 is 7.48 Å². The predicted molar refractivity (Wildman–Crippen MR) is 42.3 cm³/mol. The Morgan fingerprint density at radius 3 is 3.18 bits per heavy atom. The molecule has 0 fully saturated rings. The molecule has 3 N–H and O–H groups in total. The minimum atomic E-state index is -0.814. The molecule has 1 aliphatic rings. The molecule has 55 valence electrons. The van der Waals surface area contributed by atoms with Crippen molar-refractivity contribution in [1.29, 1.82) is 0 Å². The Balaban J connectivity index is 2.50. The van der Waals surface area contributed by atoms with Crippen LogP contribution in [0.15, 0.2) is 18.2 Å². The first kappa shape index (κ1) is 6.70. The molecule has 2 rings (SSSR count). The van der Waals surface area contributed by atoms with Crippen molar-refractivity contribution in [3.8, 4) is 0 Å². The van der Waals surface area contributed by atoms with Crippen molar-refractivity contribution in [2.24, 2.45) is 0 Å². The maximum atomic E-state index is 9.18. The summed E-state index contributed by atoms with van der Waals surface area (Å²) in [4.78, 5) is 0. The maximum absolute atomic E-state index is 9.18. The summed E-state index contributed by atoms with van der Waals surface area (Å²) >= 11 is 0. The molecule has 1 aromatic carbocycles. The molecule has 0 amide bonds. The molecule has 4 heteroatoms. The van der Waals surface area contributed by atoms with E-state index in [9.17, 15) is 5.11 Å². The minimum Gasteiger partial charge on any atom is -0.407 e. The molecule has 1 aromatic rings. The Morgan fingerprint density at radius 2 is 2.36 bits per heavy atom. The van der Waals surface area contributed by atoms with Gasteiger partial charge in [0.1, 0.15) is 0 Å². The molecule has 0 saturated carbocycles. The zero-order valence-electron chi connectivity index (χ0n) is 5.82. The molecule has 1 aliphatic heterocycles. The van der Waals surface area contributed by atoms with Crippen LogP contribution in [0.2, 0.25) is 0 Å². The molecular formula is C7H7BNO2. The number of benzene rings is 1. The average molecular weight is 148 g/mol. The van der Waals surface area contributed by atoms with Crippen LogP contribution in [0.4, 0.5) is 5.69 Å². The van der Waals surface area contributed by atoms with E-state index in [1.807, 2.05) is 0 Å². The fraction of sp³-hybridized carbons (Fsp3) is 0.143. The molecular weight excluding hydrogens is 141 g/mol. The van der Waals surface area contributed by atoms with Gasteiger partial charge in [0.15, 0.2) is 6.29 Å². The van der Waals surface area contributed by atoms with Crippen molar-refractivity contribution in [2.75, 3.05) is 5.73 Å². The lowest BCUT2D eigenvalue weighted by Crippen LogP contribution is -2.11. The van der Waals surface area contributed by atoms with Gasteiger partial charge in [0.25, 0.3) is 0 Å². The van der Waals surface area contributed by atoms with Gasteiger partial charge in [-0.25, -0.2) is 0 Å². The largest absolute Gasteiger partial charge is 0.407 e. The van der Waals surface area contributed by atoms with E-state index in [0.29, 0.717) is 5.69 Å². The number of anilines is 1. The summed E-state index contributed by atoms with van der Waals surface area (Å²) in [6.45, 7) is 0. The second-order valence-corrected chi connectivity index (χ2v) is 2.49. The SMILES string of the molecule is Nc1ccc2c(c1)[B]OC2O. The van der Waals surface area contributed by atoms with E-state index >= 15 is 0 Å². The molecule has 1 heterocycles. The predicted octanol–water partition coefficient (Wildman–Crippen LogP) is -0.466. The Kier molecular flexibility index (Phi) is 1.37. The van der Waals surface area contributed by atoms with Crippen LogP contribution in [0.3, 0.4) is 0 Å². The van der Waals surface area contributed by atoms with Crippen LogP contribution in [0.25, 0.3) is 0 Å². The zero-order valence-corrected chi connectivity index (χ0v) is 5.82. The summed E-state index contributed by atoms with van der Waals surface area (Å²) in [6, 6.07) is 5.27. The minimum absolute atomic E-state index is 0.678. The molecule has 0 bridgehead atoms. The highest BCUT2D eigenvalue weighted by Gasteiger charge is 2.21.